The zero-order valence-electron chi connectivity index (χ0n) is 25.8. The van der Waals surface area contributed by atoms with Crippen molar-refractivity contribution >= 4 is 27.5 Å². The second-order valence-electron chi connectivity index (χ2n) is 13.4. The highest BCUT2D eigenvalue weighted by Crippen LogP contribution is 2.46. The van der Waals surface area contributed by atoms with E-state index in [1.807, 2.05) is 0 Å². The van der Waals surface area contributed by atoms with E-state index in [1.165, 1.54) is 6.07 Å². The number of ether oxygens (including phenoxy) is 2. The molecule has 11 heteroatoms. The Kier molecular flexibility index (Phi) is 6.48. The summed E-state index contributed by atoms with van der Waals surface area (Å²) in [5, 5.41) is 15.6. The van der Waals surface area contributed by atoms with Gasteiger partial charge in [-0.1, -0.05) is 42.3 Å². The number of nitrogens with zero attached hydrogens (tertiary/aromatic N) is 5. The summed E-state index contributed by atoms with van der Waals surface area (Å²) in [6.45, 7) is 6.91. The van der Waals surface area contributed by atoms with Crippen molar-refractivity contribution < 1.29 is 23.4 Å². The fourth-order valence-corrected chi connectivity index (χ4v) is 8.83. The van der Waals surface area contributed by atoms with Crippen molar-refractivity contribution in [2.75, 3.05) is 37.7 Å². The Labute approximate surface area is 270 Å². The third-order valence-corrected chi connectivity index (χ3v) is 11.1. The highest BCUT2D eigenvalue weighted by atomic mass is 19.1. The number of aliphatic hydroxyl groups excluding tert-OH is 1. The molecule has 0 radical (unpaired) electrons. The minimum absolute atomic E-state index is 0.0169. The summed E-state index contributed by atoms with van der Waals surface area (Å²) >= 11 is 0. The maximum Gasteiger partial charge on any atom is 0.319 e. The third-order valence-electron chi connectivity index (χ3n) is 11.1. The van der Waals surface area contributed by atoms with Crippen LogP contribution in [0.15, 0.2) is 42.5 Å². The molecule has 2 aromatic heterocycles. The molecule has 47 heavy (non-hydrogen) atoms. The summed E-state index contributed by atoms with van der Waals surface area (Å²) in [7, 11) is 0. The maximum atomic E-state index is 17.1. The lowest BCUT2D eigenvalue weighted by molar-refractivity contribution is 0.0759. The van der Waals surface area contributed by atoms with E-state index < -0.39 is 17.7 Å². The highest BCUT2D eigenvalue weighted by Gasteiger charge is 2.50. The molecule has 0 amide bonds. The van der Waals surface area contributed by atoms with E-state index >= 15 is 4.39 Å². The predicted molar refractivity (Wildman–Crippen MR) is 173 cm³/mol. The van der Waals surface area contributed by atoms with E-state index in [-0.39, 0.29) is 58.9 Å². The fourth-order valence-electron chi connectivity index (χ4n) is 8.83. The van der Waals surface area contributed by atoms with Crippen molar-refractivity contribution in [3.63, 3.8) is 0 Å². The smallest absolute Gasteiger partial charge is 0.319 e. The molecule has 0 saturated carbocycles. The molecule has 7 heterocycles. The Morgan fingerprint density at radius 1 is 1.15 bits per heavy atom. The average molecular weight is 637 g/mol. The van der Waals surface area contributed by atoms with Crippen LogP contribution in [0.1, 0.15) is 37.7 Å². The van der Waals surface area contributed by atoms with Gasteiger partial charge < -0.3 is 24.8 Å². The molecular formula is C36H34F2N6O3. The summed E-state index contributed by atoms with van der Waals surface area (Å²) in [5.74, 6) is 1.71. The van der Waals surface area contributed by atoms with Crippen LogP contribution in [-0.4, -0.2) is 87.6 Å². The number of benzene rings is 2. The molecule has 5 aliphatic heterocycles. The first-order valence-corrected chi connectivity index (χ1v) is 16.4. The largest absolute Gasteiger partial charge is 0.469 e. The van der Waals surface area contributed by atoms with Gasteiger partial charge in [-0.15, -0.1) is 6.42 Å². The van der Waals surface area contributed by atoms with Gasteiger partial charge in [-0.3, -0.25) is 4.90 Å². The molecule has 4 saturated heterocycles. The molecule has 2 aromatic carbocycles. The minimum atomic E-state index is -0.719. The number of rotatable bonds is 5. The summed E-state index contributed by atoms with van der Waals surface area (Å²) in [6.07, 6.45) is 9.86. The molecule has 4 aromatic rings. The van der Waals surface area contributed by atoms with Crippen LogP contribution >= 0.6 is 0 Å². The van der Waals surface area contributed by atoms with Crippen molar-refractivity contribution in [2.24, 2.45) is 0 Å². The van der Waals surface area contributed by atoms with Crippen LogP contribution in [0.4, 0.5) is 14.6 Å². The van der Waals surface area contributed by atoms with Crippen LogP contribution in [0.3, 0.4) is 0 Å². The molecule has 240 valence electrons. The van der Waals surface area contributed by atoms with Crippen LogP contribution in [0, 0.1) is 24.0 Å². The Morgan fingerprint density at radius 3 is 2.89 bits per heavy atom. The Morgan fingerprint density at radius 2 is 2.04 bits per heavy atom. The van der Waals surface area contributed by atoms with Crippen LogP contribution < -0.4 is 19.7 Å². The summed E-state index contributed by atoms with van der Waals surface area (Å²) in [6, 6.07) is 8.13. The Balaban J connectivity index is 1.27. The summed E-state index contributed by atoms with van der Waals surface area (Å²) < 4.78 is 45.0. The molecule has 9 nitrogen and oxygen atoms in total. The average Bonchev–Trinajstić information content (AvgIpc) is 3.74. The van der Waals surface area contributed by atoms with Crippen LogP contribution in [0.25, 0.3) is 32.9 Å². The summed E-state index contributed by atoms with van der Waals surface area (Å²) in [4.78, 5) is 18.9. The number of aromatic nitrogens is 3. The van der Waals surface area contributed by atoms with Gasteiger partial charge in [0.2, 0.25) is 5.88 Å². The lowest BCUT2D eigenvalue weighted by Crippen LogP contribution is -2.63. The number of terminal acetylenes is 1. The molecule has 0 spiro atoms. The van der Waals surface area contributed by atoms with E-state index in [1.54, 1.807) is 24.3 Å². The van der Waals surface area contributed by atoms with Gasteiger partial charge in [0, 0.05) is 36.1 Å². The zero-order chi connectivity index (χ0) is 32.0. The molecule has 5 unspecified atom stereocenters. The van der Waals surface area contributed by atoms with Gasteiger partial charge in [0.25, 0.3) is 0 Å². The fraction of sp³-hybridized carbons (Fsp3) is 0.417. The number of hydrogen-bond donors (Lipinski definition) is 2. The quantitative estimate of drug-likeness (QED) is 0.245. The van der Waals surface area contributed by atoms with Crippen molar-refractivity contribution in [3.05, 3.63) is 59.7 Å². The lowest BCUT2D eigenvalue weighted by Gasteiger charge is -2.43. The predicted octanol–water partition coefficient (Wildman–Crippen LogP) is 4.34. The second kappa shape index (κ2) is 10.6. The Bertz CT molecular complexity index is 2030. The molecule has 0 aliphatic carbocycles. The summed E-state index contributed by atoms with van der Waals surface area (Å²) in [5.41, 5.74) is 1.07. The molecule has 9 rings (SSSR count). The maximum absolute atomic E-state index is 17.1. The SMILES string of the molecule is C#Cc1c(F)ccc2cccc(-c3nc4c5c(nc(OCC67CCCN6CCC7=C)nc5c3F)N3CC5CCC(N5)C3C(CO)O4)c12. The van der Waals surface area contributed by atoms with Gasteiger partial charge in [0.1, 0.15) is 40.9 Å². The number of fused-ring (bicyclic) bond motifs is 7. The van der Waals surface area contributed by atoms with Gasteiger partial charge in [0.15, 0.2) is 5.82 Å². The van der Waals surface area contributed by atoms with Crippen molar-refractivity contribution in [2.45, 2.75) is 61.9 Å². The molecule has 4 fully saturated rings. The number of halogens is 2. The van der Waals surface area contributed by atoms with E-state index in [9.17, 15) is 9.50 Å². The van der Waals surface area contributed by atoms with Crippen LogP contribution in [-0.2, 0) is 0 Å². The lowest BCUT2D eigenvalue weighted by atomic mass is 9.91. The van der Waals surface area contributed by atoms with Gasteiger partial charge in [0.05, 0.1) is 23.8 Å². The monoisotopic (exact) mass is 636 g/mol. The van der Waals surface area contributed by atoms with Crippen LogP contribution in [0.5, 0.6) is 11.9 Å². The number of pyridine rings is 1. The van der Waals surface area contributed by atoms with Gasteiger partial charge in [-0.05, 0) is 50.1 Å². The third kappa shape index (κ3) is 4.14. The number of hydrogen-bond acceptors (Lipinski definition) is 9. The molecular weight excluding hydrogens is 602 g/mol. The molecule has 2 N–H and O–H groups in total. The zero-order valence-corrected chi connectivity index (χ0v) is 25.8. The van der Waals surface area contributed by atoms with Gasteiger partial charge >= 0.3 is 6.01 Å². The number of anilines is 1. The minimum Gasteiger partial charge on any atom is -0.469 e. The van der Waals surface area contributed by atoms with E-state index in [4.69, 9.17) is 25.9 Å². The van der Waals surface area contributed by atoms with Gasteiger partial charge in [-0.25, -0.2) is 13.8 Å². The second-order valence-corrected chi connectivity index (χ2v) is 13.4. The van der Waals surface area contributed by atoms with Crippen molar-refractivity contribution in [3.8, 4) is 35.5 Å². The number of aliphatic hydroxyl groups is 1. The topological polar surface area (TPSA) is 95.9 Å². The van der Waals surface area contributed by atoms with E-state index in [0.29, 0.717) is 40.7 Å². The first-order valence-electron chi connectivity index (χ1n) is 16.4. The van der Waals surface area contributed by atoms with Crippen molar-refractivity contribution in [1.29, 1.82) is 0 Å². The van der Waals surface area contributed by atoms with Crippen molar-refractivity contribution in [1.82, 2.24) is 25.2 Å². The number of nitrogens with one attached hydrogen (secondary N) is 1. The first-order chi connectivity index (χ1) is 22.9. The van der Waals surface area contributed by atoms with E-state index in [0.717, 1.165) is 50.8 Å². The molecule has 5 atom stereocenters. The van der Waals surface area contributed by atoms with Gasteiger partial charge in [-0.2, -0.15) is 9.97 Å². The molecule has 5 aliphatic rings. The number of piperazine rings is 1. The van der Waals surface area contributed by atoms with E-state index in [2.05, 4.69) is 32.6 Å². The highest BCUT2D eigenvalue weighted by molar-refractivity contribution is 6.03. The first kappa shape index (κ1) is 28.8. The normalized spacial score (nSPS) is 27.9. The standard InChI is InChI=1S/C36H34F2N6O3/c1-3-22-24(37)10-8-20-6-4-7-23(27(20)22)30-29(38)31-28-33(42-35(41-31)46-18-36-13-5-14-43(36)15-12-19(36)2)44-16-21-9-11-25(39-21)32(44)26(17-45)47-34(28)40-30/h1,4,6-8,10,21,25-26,32,39,45H,2,5,9,11-18H2. The van der Waals surface area contributed by atoms with Crippen LogP contribution in [0.2, 0.25) is 0 Å². The Hall–Kier alpha value is -4.37. The molecule has 2 bridgehead atoms.